The van der Waals surface area contributed by atoms with Crippen LogP contribution in [-0.2, 0) is 0 Å². The number of hydrogen-bond donors (Lipinski definition) is 2. The molecule has 0 radical (unpaired) electrons. The summed E-state index contributed by atoms with van der Waals surface area (Å²) in [6, 6.07) is 27.0. The van der Waals surface area contributed by atoms with Crippen LogP contribution in [0.25, 0.3) is 22.1 Å². The highest BCUT2D eigenvalue weighted by atomic mass is 35.5. The van der Waals surface area contributed by atoms with Gasteiger partial charge in [0, 0.05) is 26.6 Å². The first-order valence-corrected chi connectivity index (χ1v) is 12.3. The molecule has 1 aromatic heterocycles. The van der Waals surface area contributed by atoms with Crippen LogP contribution in [0.5, 0.6) is 5.75 Å². The van der Waals surface area contributed by atoms with E-state index in [0.29, 0.717) is 26.8 Å². The van der Waals surface area contributed by atoms with Crippen LogP contribution in [0.1, 0.15) is 32.6 Å². The Labute approximate surface area is 229 Å². The predicted octanol–water partition coefficient (Wildman–Crippen LogP) is 8.00. The van der Waals surface area contributed by atoms with Crippen molar-refractivity contribution in [3.63, 3.8) is 0 Å². The van der Waals surface area contributed by atoms with Gasteiger partial charge in [0.15, 0.2) is 5.78 Å². The van der Waals surface area contributed by atoms with Crippen LogP contribution < -0.4 is 5.55 Å². The first-order chi connectivity index (χ1) is 18.2. The third kappa shape index (κ3) is 5.47. The van der Waals surface area contributed by atoms with Gasteiger partial charge in [-0.15, -0.1) is 0 Å². The molecule has 0 fully saturated rings. The molecule has 4 aromatic carbocycles. The van der Waals surface area contributed by atoms with Gasteiger partial charge in [-0.1, -0.05) is 83.9 Å². The SMILES string of the molecule is Cc1cc(O)c(C(=O)c2ccccc2)cc1Cl.Cc1cc2oc(=N)c(C#N)c(-c3ccccc3)c2cc1Cl. The van der Waals surface area contributed by atoms with E-state index in [2.05, 4.69) is 6.07 Å². The summed E-state index contributed by atoms with van der Waals surface area (Å²) in [5.74, 6) is -0.272. The standard InChI is InChI=1S/C17H11ClN2O.C14H11ClO2/c1-10-7-15-12(8-14(10)18)16(11-5-3-2-4-6-11)13(9-19)17(20)21-15;1-9-7-13(16)11(8-12(9)15)14(17)10-5-3-2-4-6-10/h2-8,20H,1H3;2-8,16H,1H3. The van der Waals surface area contributed by atoms with Gasteiger partial charge in [0.2, 0.25) is 5.55 Å². The number of hydrogen-bond acceptors (Lipinski definition) is 5. The van der Waals surface area contributed by atoms with Crippen LogP contribution in [0.3, 0.4) is 0 Å². The monoisotopic (exact) mass is 540 g/mol. The lowest BCUT2D eigenvalue weighted by Crippen LogP contribution is -2.07. The number of halogens is 2. The summed E-state index contributed by atoms with van der Waals surface area (Å²) in [4.78, 5) is 12.1. The molecule has 0 saturated carbocycles. The minimum absolute atomic E-state index is 0.0410. The Balaban J connectivity index is 0.000000181. The average Bonchev–Trinajstić information content (AvgIpc) is 2.92. The molecule has 5 nitrogen and oxygen atoms in total. The van der Waals surface area contributed by atoms with Crippen molar-refractivity contribution in [2.75, 3.05) is 0 Å². The number of aromatic hydroxyl groups is 1. The second-order valence-electron chi connectivity index (χ2n) is 8.57. The average molecular weight is 541 g/mol. The molecule has 0 amide bonds. The second kappa shape index (κ2) is 11.4. The van der Waals surface area contributed by atoms with E-state index in [1.807, 2.05) is 43.3 Å². The van der Waals surface area contributed by atoms with E-state index in [4.69, 9.17) is 33.0 Å². The molecule has 0 saturated heterocycles. The molecule has 1 heterocycles. The van der Waals surface area contributed by atoms with Gasteiger partial charge < -0.3 is 9.52 Å². The summed E-state index contributed by atoms with van der Waals surface area (Å²) in [6.45, 7) is 3.65. The molecule has 7 heteroatoms. The molecule has 5 aromatic rings. The molecule has 5 rings (SSSR count). The smallest absolute Gasteiger partial charge is 0.230 e. The second-order valence-corrected chi connectivity index (χ2v) is 9.38. The number of fused-ring (bicyclic) bond motifs is 1. The number of carbonyl (C=O) groups excluding carboxylic acids is 1. The van der Waals surface area contributed by atoms with Crippen LogP contribution in [0.2, 0.25) is 10.0 Å². The minimum Gasteiger partial charge on any atom is -0.507 e. The Morgan fingerprint density at radius 1 is 0.895 bits per heavy atom. The fraction of sp³-hybridized carbons (Fsp3) is 0.0645. The maximum absolute atomic E-state index is 12.1. The Hall–Kier alpha value is -4.37. The Kier molecular flexibility index (Phi) is 7.97. The number of benzene rings is 4. The van der Waals surface area contributed by atoms with Gasteiger partial charge in [0.05, 0.1) is 5.56 Å². The van der Waals surface area contributed by atoms with E-state index < -0.39 is 0 Å². The topological polar surface area (TPSA) is 98.1 Å². The van der Waals surface area contributed by atoms with Crippen LogP contribution in [0.15, 0.2) is 89.3 Å². The fourth-order valence-corrected chi connectivity index (χ4v) is 4.28. The first-order valence-electron chi connectivity index (χ1n) is 11.6. The van der Waals surface area contributed by atoms with E-state index in [1.54, 1.807) is 43.3 Å². The lowest BCUT2D eigenvalue weighted by molar-refractivity contribution is 0.103. The number of ketones is 1. The fourth-order valence-electron chi connectivity index (χ4n) is 3.95. The van der Waals surface area contributed by atoms with E-state index in [0.717, 1.165) is 22.1 Å². The Bertz CT molecular complexity index is 1760. The number of nitrogens with zero attached hydrogens (tertiary/aromatic N) is 1. The molecule has 0 unspecified atom stereocenters. The van der Waals surface area contributed by atoms with Crippen molar-refractivity contribution in [1.29, 1.82) is 10.7 Å². The largest absolute Gasteiger partial charge is 0.507 e. The molecule has 0 aliphatic carbocycles. The van der Waals surface area contributed by atoms with E-state index in [1.165, 1.54) is 12.1 Å². The van der Waals surface area contributed by atoms with Gasteiger partial charge in [-0.2, -0.15) is 5.26 Å². The lowest BCUT2D eigenvalue weighted by Gasteiger charge is -2.10. The molecule has 0 aliphatic rings. The van der Waals surface area contributed by atoms with Crippen LogP contribution >= 0.6 is 23.2 Å². The number of nitrogens with one attached hydrogen (secondary N) is 1. The molecular formula is C31H22Cl2N2O3. The summed E-state index contributed by atoms with van der Waals surface area (Å²) in [6.07, 6.45) is 0. The summed E-state index contributed by atoms with van der Waals surface area (Å²) < 4.78 is 5.47. The number of aryl methyl sites for hydroxylation is 2. The van der Waals surface area contributed by atoms with Crippen molar-refractivity contribution >= 4 is 40.0 Å². The van der Waals surface area contributed by atoms with Gasteiger partial charge in [0.25, 0.3) is 0 Å². The number of phenols is 1. The zero-order chi connectivity index (χ0) is 27.4. The quantitative estimate of drug-likeness (QED) is 0.226. The van der Waals surface area contributed by atoms with Crippen LogP contribution in [-0.4, -0.2) is 10.9 Å². The number of rotatable bonds is 3. The third-order valence-electron chi connectivity index (χ3n) is 5.95. The first kappa shape index (κ1) is 26.7. The van der Waals surface area contributed by atoms with Crippen molar-refractivity contribution in [3.8, 4) is 22.9 Å². The van der Waals surface area contributed by atoms with Gasteiger partial charge in [-0.3, -0.25) is 10.2 Å². The normalized spacial score (nSPS) is 10.4. The van der Waals surface area contributed by atoms with E-state index in [9.17, 15) is 15.2 Å². The Morgan fingerprint density at radius 3 is 2.11 bits per heavy atom. The zero-order valence-electron chi connectivity index (χ0n) is 20.5. The van der Waals surface area contributed by atoms with Gasteiger partial charge in [-0.25, -0.2) is 0 Å². The van der Waals surface area contributed by atoms with Crippen LogP contribution in [0.4, 0.5) is 0 Å². The minimum atomic E-state index is -0.231. The summed E-state index contributed by atoms with van der Waals surface area (Å²) in [5, 5.41) is 28.9. The van der Waals surface area contributed by atoms with Crippen molar-refractivity contribution in [1.82, 2.24) is 0 Å². The van der Waals surface area contributed by atoms with Crippen molar-refractivity contribution in [3.05, 3.63) is 128 Å². The lowest BCUT2D eigenvalue weighted by atomic mass is 9.97. The van der Waals surface area contributed by atoms with Gasteiger partial charge >= 0.3 is 0 Å². The summed E-state index contributed by atoms with van der Waals surface area (Å²) in [5.41, 5.74) is 4.56. The summed E-state index contributed by atoms with van der Waals surface area (Å²) in [7, 11) is 0. The molecule has 188 valence electrons. The maximum Gasteiger partial charge on any atom is 0.230 e. The highest BCUT2D eigenvalue weighted by Crippen LogP contribution is 2.33. The number of nitriles is 1. The molecule has 0 aliphatic heterocycles. The predicted molar refractivity (Wildman–Crippen MR) is 150 cm³/mol. The van der Waals surface area contributed by atoms with Crippen molar-refractivity contribution in [2.24, 2.45) is 0 Å². The number of carbonyl (C=O) groups is 1. The molecule has 38 heavy (non-hydrogen) atoms. The van der Waals surface area contributed by atoms with E-state index >= 15 is 0 Å². The van der Waals surface area contributed by atoms with Gasteiger partial charge in [0.1, 0.15) is 23.0 Å². The highest BCUT2D eigenvalue weighted by molar-refractivity contribution is 6.32. The van der Waals surface area contributed by atoms with Crippen molar-refractivity contribution in [2.45, 2.75) is 13.8 Å². The molecule has 2 N–H and O–H groups in total. The molecule has 0 atom stereocenters. The zero-order valence-corrected chi connectivity index (χ0v) is 22.1. The number of phenolic OH excluding ortho intramolecular Hbond substituents is 1. The summed E-state index contributed by atoms with van der Waals surface area (Å²) >= 11 is 12.2. The van der Waals surface area contributed by atoms with Gasteiger partial charge in [-0.05, 0) is 54.8 Å². The molecule has 0 spiro atoms. The molecular weight excluding hydrogens is 519 g/mol. The highest BCUT2D eigenvalue weighted by Gasteiger charge is 2.16. The van der Waals surface area contributed by atoms with Crippen LogP contribution in [0, 0.1) is 30.6 Å². The third-order valence-corrected chi connectivity index (χ3v) is 6.77. The maximum atomic E-state index is 12.1. The molecule has 0 bridgehead atoms. The van der Waals surface area contributed by atoms with E-state index in [-0.39, 0.29) is 28.2 Å². The Morgan fingerprint density at radius 2 is 1.47 bits per heavy atom. The van der Waals surface area contributed by atoms with Crippen molar-refractivity contribution < 1.29 is 14.3 Å².